The van der Waals surface area contributed by atoms with Crippen molar-refractivity contribution in [2.75, 3.05) is 11.9 Å². The number of amides is 1. The molecule has 0 aliphatic carbocycles. The van der Waals surface area contributed by atoms with Gasteiger partial charge in [-0.15, -0.1) is 0 Å². The molecule has 0 saturated heterocycles. The van der Waals surface area contributed by atoms with Crippen molar-refractivity contribution in [3.63, 3.8) is 0 Å². The number of fused-ring (bicyclic) bond motifs is 1. The molecule has 236 valence electrons. The molecule has 0 unspecified atom stereocenters. The first-order chi connectivity index (χ1) is 21.7. The Hall–Kier alpha value is -5.71. The van der Waals surface area contributed by atoms with Crippen molar-refractivity contribution in [2.45, 2.75) is 39.5 Å². The summed E-state index contributed by atoms with van der Waals surface area (Å²) in [7, 11) is 0. The van der Waals surface area contributed by atoms with E-state index in [1.807, 2.05) is 0 Å². The lowest BCUT2D eigenvalue weighted by Crippen LogP contribution is -2.27. The summed E-state index contributed by atoms with van der Waals surface area (Å²) in [6.45, 7) is 5.23. The third-order valence-corrected chi connectivity index (χ3v) is 6.25. The number of ether oxygens (including phenoxy) is 3. The molecule has 0 saturated carbocycles. The fourth-order valence-electron chi connectivity index (χ4n) is 4.51. The van der Waals surface area contributed by atoms with Crippen LogP contribution in [0.15, 0.2) is 67.0 Å². The van der Waals surface area contributed by atoms with E-state index in [0.717, 1.165) is 12.4 Å². The molecule has 0 spiro atoms. The number of nitrogens with zero attached hydrogens (tertiary/aromatic N) is 5. The summed E-state index contributed by atoms with van der Waals surface area (Å²) in [5, 5.41) is 12.8. The molecule has 0 radical (unpaired) electrons. The van der Waals surface area contributed by atoms with Crippen LogP contribution in [-0.4, -0.2) is 44.0 Å². The number of benzene rings is 2. The normalized spacial score (nSPS) is 11.6. The predicted molar refractivity (Wildman–Crippen MR) is 159 cm³/mol. The summed E-state index contributed by atoms with van der Waals surface area (Å²) in [6.07, 6.45) is -4.41. The number of carbonyl (C=O) groups excluding carboxylic acids is 1. The molecule has 1 N–H and O–H groups in total. The van der Waals surface area contributed by atoms with Crippen LogP contribution in [0.4, 0.5) is 28.0 Å². The van der Waals surface area contributed by atoms with Crippen molar-refractivity contribution in [1.82, 2.24) is 19.5 Å². The summed E-state index contributed by atoms with van der Waals surface area (Å²) in [5.41, 5.74) is 0.784. The zero-order valence-electron chi connectivity index (χ0n) is 24.9. The number of rotatable bonds is 7. The van der Waals surface area contributed by atoms with Gasteiger partial charge >= 0.3 is 12.3 Å². The van der Waals surface area contributed by atoms with E-state index in [0.29, 0.717) is 16.9 Å². The second kappa shape index (κ2) is 12.4. The molecule has 2 aromatic carbocycles. The standard InChI is InChI=1S/C32H26F4N6O4/c1-18-6-5-7-25(40-18)45-24-13-12-21(14-23(24)33)42-27(19-8-10-20(11-9-19)41-30(43)46-31(2,3)4)22(15-37)26-28(42)29(39-17-38-26)44-16-32(34,35)36/h5-14,17H,16H2,1-4H3,(H,41,43). The molecule has 0 aliphatic rings. The van der Waals surface area contributed by atoms with E-state index in [1.165, 1.54) is 16.7 Å². The minimum absolute atomic E-state index is 0.0228. The van der Waals surface area contributed by atoms with Crippen LogP contribution >= 0.6 is 0 Å². The van der Waals surface area contributed by atoms with E-state index in [9.17, 15) is 23.2 Å². The van der Waals surface area contributed by atoms with Crippen molar-refractivity contribution in [3.8, 4) is 40.5 Å². The largest absolute Gasteiger partial charge is 0.466 e. The van der Waals surface area contributed by atoms with Gasteiger partial charge < -0.3 is 18.8 Å². The molecular formula is C32H26F4N6O4. The first-order valence-corrected chi connectivity index (χ1v) is 13.7. The van der Waals surface area contributed by atoms with Gasteiger partial charge in [-0.05, 0) is 58.0 Å². The first kappa shape index (κ1) is 31.7. The number of aryl methyl sites for hydroxylation is 1. The Morgan fingerprint density at radius 1 is 1.04 bits per heavy atom. The van der Waals surface area contributed by atoms with Gasteiger partial charge in [0.25, 0.3) is 0 Å². The van der Waals surface area contributed by atoms with Gasteiger partial charge in [0.05, 0.1) is 5.69 Å². The lowest BCUT2D eigenvalue weighted by Gasteiger charge is -2.19. The maximum atomic E-state index is 15.5. The Labute approximate surface area is 260 Å². The molecule has 0 bridgehead atoms. The van der Waals surface area contributed by atoms with Gasteiger partial charge in [-0.1, -0.05) is 18.2 Å². The van der Waals surface area contributed by atoms with Gasteiger partial charge in [0.1, 0.15) is 34.6 Å². The molecule has 1 amide bonds. The summed E-state index contributed by atoms with van der Waals surface area (Å²) >= 11 is 0. The van der Waals surface area contributed by atoms with Crippen molar-refractivity contribution in [3.05, 3.63) is 84.1 Å². The van der Waals surface area contributed by atoms with Crippen LogP contribution in [0.25, 0.3) is 28.0 Å². The van der Waals surface area contributed by atoms with Crippen LogP contribution in [0, 0.1) is 24.1 Å². The van der Waals surface area contributed by atoms with Gasteiger partial charge in [-0.2, -0.15) is 23.4 Å². The minimum Gasteiger partial charge on any atom is -0.466 e. The van der Waals surface area contributed by atoms with Crippen molar-refractivity contribution in [1.29, 1.82) is 5.26 Å². The number of carbonyl (C=O) groups is 1. The second-order valence-electron chi connectivity index (χ2n) is 11.0. The van der Waals surface area contributed by atoms with Crippen LogP contribution in [0.2, 0.25) is 0 Å². The number of aromatic nitrogens is 4. The lowest BCUT2D eigenvalue weighted by atomic mass is 10.1. The number of nitriles is 1. The number of nitrogens with one attached hydrogen (secondary N) is 1. The average Bonchev–Trinajstić information content (AvgIpc) is 3.31. The van der Waals surface area contributed by atoms with Crippen LogP contribution in [0.1, 0.15) is 32.0 Å². The second-order valence-corrected chi connectivity index (χ2v) is 11.0. The monoisotopic (exact) mass is 634 g/mol. The van der Waals surface area contributed by atoms with E-state index >= 15 is 4.39 Å². The molecule has 3 heterocycles. The summed E-state index contributed by atoms with van der Waals surface area (Å²) in [6, 6.07) is 17.2. The highest BCUT2D eigenvalue weighted by Crippen LogP contribution is 2.40. The Morgan fingerprint density at radius 2 is 1.78 bits per heavy atom. The van der Waals surface area contributed by atoms with Gasteiger partial charge in [-0.25, -0.2) is 19.2 Å². The number of alkyl halides is 3. The number of pyridine rings is 1. The maximum absolute atomic E-state index is 15.5. The van der Waals surface area contributed by atoms with E-state index < -0.39 is 36.2 Å². The molecule has 3 aromatic heterocycles. The zero-order valence-corrected chi connectivity index (χ0v) is 24.9. The molecule has 0 fully saturated rings. The Kier molecular flexibility index (Phi) is 8.51. The van der Waals surface area contributed by atoms with Crippen LogP contribution < -0.4 is 14.8 Å². The topological polar surface area (TPSA) is 124 Å². The van der Waals surface area contributed by atoms with Crippen LogP contribution in [0.5, 0.6) is 17.5 Å². The highest BCUT2D eigenvalue weighted by atomic mass is 19.4. The van der Waals surface area contributed by atoms with Crippen molar-refractivity contribution >= 4 is 22.8 Å². The molecule has 46 heavy (non-hydrogen) atoms. The van der Waals surface area contributed by atoms with Crippen LogP contribution in [0.3, 0.4) is 0 Å². The van der Waals surface area contributed by atoms with Crippen LogP contribution in [-0.2, 0) is 4.74 Å². The maximum Gasteiger partial charge on any atom is 0.422 e. The molecule has 0 aliphatic heterocycles. The van der Waals surface area contributed by atoms with E-state index in [-0.39, 0.29) is 39.6 Å². The number of anilines is 1. The van der Waals surface area contributed by atoms with Gasteiger partial charge in [0.15, 0.2) is 18.2 Å². The highest BCUT2D eigenvalue weighted by Gasteiger charge is 2.31. The predicted octanol–water partition coefficient (Wildman–Crippen LogP) is 7.88. The van der Waals surface area contributed by atoms with Gasteiger partial charge in [0, 0.05) is 34.8 Å². The average molecular weight is 635 g/mol. The smallest absolute Gasteiger partial charge is 0.422 e. The Morgan fingerprint density at radius 3 is 2.41 bits per heavy atom. The van der Waals surface area contributed by atoms with Gasteiger partial charge in [-0.3, -0.25) is 5.32 Å². The summed E-state index contributed by atoms with van der Waals surface area (Å²) < 4.78 is 72.3. The quantitative estimate of drug-likeness (QED) is 0.179. The molecule has 0 atom stereocenters. The number of hydrogen-bond donors (Lipinski definition) is 1. The Bertz CT molecular complexity index is 1960. The Balaban J connectivity index is 1.65. The fourth-order valence-corrected chi connectivity index (χ4v) is 4.51. The number of hydrogen-bond acceptors (Lipinski definition) is 8. The zero-order chi connectivity index (χ0) is 33.2. The first-order valence-electron chi connectivity index (χ1n) is 13.7. The van der Waals surface area contributed by atoms with Gasteiger partial charge in [0.2, 0.25) is 11.8 Å². The summed E-state index contributed by atoms with van der Waals surface area (Å²) in [5.74, 6) is -1.30. The minimum atomic E-state index is -4.69. The molecular weight excluding hydrogens is 608 g/mol. The molecule has 5 rings (SSSR count). The SMILES string of the molecule is Cc1cccc(Oc2ccc(-n3c(-c4ccc(NC(=O)OC(C)(C)C)cc4)c(C#N)c4ncnc(OCC(F)(F)F)c43)cc2F)n1. The fraction of sp³-hybridized carbons (Fsp3) is 0.219. The molecule has 14 heteroatoms. The van der Waals surface area contributed by atoms with E-state index in [2.05, 4.69) is 26.3 Å². The third-order valence-electron chi connectivity index (χ3n) is 6.25. The molecule has 5 aromatic rings. The van der Waals surface area contributed by atoms with E-state index in [4.69, 9.17) is 14.2 Å². The lowest BCUT2D eigenvalue weighted by molar-refractivity contribution is -0.153. The number of halogens is 4. The third kappa shape index (κ3) is 7.15. The highest BCUT2D eigenvalue weighted by molar-refractivity contribution is 5.96. The molecule has 10 nitrogen and oxygen atoms in total. The summed E-state index contributed by atoms with van der Waals surface area (Å²) in [4.78, 5) is 24.5. The van der Waals surface area contributed by atoms with E-state index in [1.54, 1.807) is 70.2 Å². The van der Waals surface area contributed by atoms with Crippen molar-refractivity contribution in [2.24, 2.45) is 0 Å². The van der Waals surface area contributed by atoms with Crippen molar-refractivity contribution < 1.29 is 36.6 Å².